The Hall–Kier alpha value is -2.66. The third-order valence-corrected chi connectivity index (χ3v) is 5.00. The highest BCUT2D eigenvalue weighted by atomic mass is 16.6. The van der Waals surface area contributed by atoms with Gasteiger partial charge in [-0.15, -0.1) is 0 Å². The summed E-state index contributed by atoms with van der Waals surface area (Å²) >= 11 is 0. The van der Waals surface area contributed by atoms with E-state index in [9.17, 15) is 14.7 Å². The molecule has 1 aliphatic heterocycles. The molecular weight excluding hydrogens is 306 g/mol. The maximum atomic E-state index is 13.1. The maximum Gasteiger partial charge on any atom is 0.271 e. The first kappa shape index (κ1) is 14.9. The second kappa shape index (κ2) is 4.68. The summed E-state index contributed by atoms with van der Waals surface area (Å²) in [5, 5.41) is 13.9. The normalized spacial score (nSPS) is 26.6. The van der Waals surface area contributed by atoms with Crippen LogP contribution in [0.1, 0.15) is 46.8 Å². The summed E-state index contributed by atoms with van der Waals surface area (Å²) in [6.45, 7) is 4.10. The highest BCUT2D eigenvalue weighted by Crippen LogP contribution is 2.58. The molecule has 2 aliphatic rings. The fourth-order valence-corrected chi connectivity index (χ4v) is 3.75. The van der Waals surface area contributed by atoms with Crippen molar-refractivity contribution in [1.82, 2.24) is 5.32 Å². The molecule has 2 N–H and O–H groups in total. The van der Waals surface area contributed by atoms with E-state index >= 15 is 0 Å². The number of carbonyl (C=O) groups is 2. The van der Waals surface area contributed by atoms with Gasteiger partial charge in [-0.05, 0) is 17.5 Å². The molecule has 0 bridgehead atoms. The van der Waals surface area contributed by atoms with E-state index in [0.717, 1.165) is 5.56 Å². The molecule has 0 saturated heterocycles. The van der Waals surface area contributed by atoms with Crippen molar-refractivity contribution in [1.29, 1.82) is 0 Å². The molecule has 1 heterocycles. The third kappa shape index (κ3) is 1.52. The first-order valence-corrected chi connectivity index (χ1v) is 7.87. The van der Waals surface area contributed by atoms with Crippen LogP contribution in [0.3, 0.4) is 0 Å². The number of Topliss-reactive ketones (excluding diaryl/α,β-unsaturated/α-hetero) is 1. The van der Waals surface area contributed by atoms with Gasteiger partial charge in [0.2, 0.25) is 17.7 Å². The summed E-state index contributed by atoms with van der Waals surface area (Å²) in [6, 6.07) is 12.2. The summed E-state index contributed by atoms with van der Waals surface area (Å²) in [6.07, 6.45) is 0.434. The topological polar surface area (TPSA) is 75.6 Å². The number of hydrogen-bond donors (Lipinski definition) is 2. The lowest BCUT2D eigenvalue weighted by atomic mass is 9.82. The average molecular weight is 323 g/mol. The highest BCUT2D eigenvalue weighted by molar-refractivity contribution is 6.11. The van der Waals surface area contributed by atoms with Gasteiger partial charge in [-0.1, -0.05) is 50.2 Å². The molecule has 1 aliphatic carbocycles. The Kier molecular flexibility index (Phi) is 2.90. The van der Waals surface area contributed by atoms with Crippen molar-refractivity contribution in [3.63, 3.8) is 0 Å². The van der Waals surface area contributed by atoms with E-state index in [2.05, 4.69) is 5.32 Å². The van der Waals surface area contributed by atoms with Crippen molar-refractivity contribution in [3.05, 3.63) is 64.7 Å². The van der Waals surface area contributed by atoms with Gasteiger partial charge in [0.05, 0.1) is 0 Å². The van der Waals surface area contributed by atoms with E-state index in [4.69, 9.17) is 4.74 Å². The lowest BCUT2D eigenvalue weighted by molar-refractivity contribution is -0.172. The van der Waals surface area contributed by atoms with Gasteiger partial charge in [-0.25, -0.2) is 0 Å². The van der Waals surface area contributed by atoms with Crippen LogP contribution in [-0.2, 0) is 16.1 Å². The Bertz CT molecular complexity index is 875. The van der Waals surface area contributed by atoms with Crippen molar-refractivity contribution < 1.29 is 19.4 Å². The van der Waals surface area contributed by atoms with E-state index in [0.29, 0.717) is 28.8 Å². The van der Waals surface area contributed by atoms with Gasteiger partial charge < -0.3 is 15.2 Å². The summed E-state index contributed by atoms with van der Waals surface area (Å²) in [4.78, 5) is 24.4. The van der Waals surface area contributed by atoms with Gasteiger partial charge >= 0.3 is 0 Å². The predicted molar refractivity (Wildman–Crippen MR) is 86.7 cm³/mol. The Morgan fingerprint density at radius 2 is 1.92 bits per heavy atom. The number of nitrogens with one attached hydrogen (secondary N) is 1. The van der Waals surface area contributed by atoms with Crippen LogP contribution in [-0.4, -0.2) is 17.3 Å². The molecule has 0 aromatic heterocycles. The second-order valence-corrected chi connectivity index (χ2v) is 6.54. The molecule has 0 spiro atoms. The molecule has 5 nitrogen and oxygen atoms in total. The van der Waals surface area contributed by atoms with E-state index in [1.807, 2.05) is 26.0 Å². The van der Waals surface area contributed by atoms with Gasteiger partial charge in [0.15, 0.2) is 0 Å². The van der Waals surface area contributed by atoms with Gasteiger partial charge in [-0.2, -0.15) is 0 Å². The smallest absolute Gasteiger partial charge is 0.271 e. The van der Waals surface area contributed by atoms with Crippen molar-refractivity contribution in [2.45, 2.75) is 31.1 Å². The third-order valence-electron chi connectivity index (χ3n) is 5.00. The minimum atomic E-state index is -1.94. The number of carbonyl (C=O) groups excluding carboxylic acids is 2. The standard InChI is InChI=1S/C19H17NO4/c1-11(2)12-7-8-15-16(9-12)24-19(23)14-6-4-3-5-13(14)17(22)18(15,19)20-10-21/h3-11,23H,1-2H3,(H,20,21). The molecule has 2 aromatic rings. The van der Waals surface area contributed by atoms with Crippen LogP contribution in [0.4, 0.5) is 0 Å². The van der Waals surface area contributed by atoms with Crippen LogP contribution < -0.4 is 10.1 Å². The fourth-order valence-electron chi connectivity index (χ4n) is 3.75. The molecular formula is C19H17NO4. The summed E-state index contributed by atoms with van der Waals surface area (Å²) in [5.41, 5.74) is 0.574. The summed E-state index contributed by atoms with van der Waals surface area (Å²) in [5.74, 6) is -1.63. The largest absolute Gasteiger partial charge is 0.454 e. The van der Waals surface area contributed by atoms with Crippen molar-refractivity contribution in [2.24, 2.45) is 0 Å². The van der Waals surface area contributed by atoms with E-state index in [1.165, 1.54) is 0 Å². The number of aliphatic hydroxyl groups is 1. The zero-order valence-corrected chi connectivity index (χ0v) is 13.4. The summed E-state index contributed by atoms with van der Waals surface area (Å²) < 4.78 is 5.88. The lowest BCUT2D eigenvalue weighted by Gasteiger charge is -2.33. The van der Waals surface area contributed by atoms with Crippen LogP contribution in [0, 0.1) is 0 Å². The highest BCUT2D eigenvalue weighted by Gasteiger charge is 2.71. The first-order valence-electron chi connectivity index (χ1n) is 7.87. The number of hydrogen-bond acceptors (Lipinski definition) is 4. The molecule has 4 rings (SSSR count). The summed E-state index contributed by atoms with van der Waals surface area (Å²) in [7, 11) is 0. The molecule has 24 heavy (non-hydrogen) atoms. The first-order chi connectivity index (χ1) is 11.5. The zero-order chi connectivity index (χ0) is 17.1. The van der Waals surface area contributed by atoms with Crippen LogP contribution in [0.25, 0.3) is 0 Å². The van der Waals surface area contributed by atoms with E-state index < -0.39 is 11.3 Å². The second-order valence-electron chi connectivity index (χ2n) is 6.54. The van der Waals surface area contributed by atoms with E-state index in [-0.39, 0.29) is 11.7 Å². The van der Waals surface area contributed by atoms with Gasteiger partial charge in [-0.3, -0.25) is 9.59 Å². The molecule has 2 unspecified atom stereocenters. The fraction of sp³-hybridized carbons (Fsp3) is 0.263. The minimum Gasteiger partial charge on any atom is -0.454 e. The Balaban J connectivity index is 2.01. The lowest BCUT2D eigenvalue weighted by Crippen LogP contribution is -2.58. The monoisotopic (exact) mass is 323 g/mol. The van der Waals surface area contributed by atoms with E-state index in [1.54, 1.807) is 30.3 Å². The zero-order valence-electron chi connectivity index (χ0n) is 13.4. The Morgan fingerprint density at radius 1 is 1.17 bits per heavy atom. The number of amides is 1. The molecule has 5 heteroatoms. The SMILES string of the molecule is CC(C)c1ccc2c(c1)OC1(O)c3ccccc3C(=O)C21NC=O. The predicted octanol–water partition coefficient (Wildman–Crippen LogP) is 2.19. The van der Waals surface area contributed by atoms with Crippen molar-refractivity contribution in [3.8, 4) is 5.75 Å². The number of benzene rings is 2. The molecule has 0 saturated carbocycles. The average Bonchev–Trinajstić information content (AvgIpc) is 2.93. The number of fused-ring (bicyclic) bond motifs is 5. The molecule has 2 atom stereocenters. The number of ketones is 1. The quantitative estimate of drug-likeness (QED) is 0.849. The van der Waals surface area contributed by atoms with Gasteiger partial charge in [0.1, 0.15) is 5.75 Å². The van der Waals surface area contributed by atoms with Gasteiger partial charge in [0, 0.05) is 16.7 Å². The van der Waals surface area contributed by atoms with Crippen molar-refractivity contribution >= 4 is 12.2 Å². The number of ether oxygens (including phenoxy) is 1. The van der Waals surface area contributed by atoms with Crippen LogP contribution in [0.2, 0.25) is 0 Å². The molecule has 122 valence electrons. The molecule has 1 amide bonds. The molecule has 0 radical (unpaired) electrons. The maximum absolute atomic E-state index is 13.1. The van der Waals surface area contributed by atoms with Crippen LogP contribution in [0.15, 0.2) is 42.5 Å². The van der Waals surface area contributed by atoms with Crippen LogP contribution in [0.5, 0.6) is 5.75 Å². The van der Waals surface area contributed by atoms with Crippen molar-refractivity contribution in [2.75, 3.05) is 0 Å². The Morgan fingerprint density at radius 3 is 2.62 bits per heavy atom. The van der Waals surface area contributed by atoms with Gasteiger partial charge in [0.25, 0.3) is 5.79 Å². The molecule has 2 aromatic carbocycles. The number of rotatable bonds is 3. The Labute approximate surface area is 139 Å². The molecule has 0 fully saturated rings. The van der Waals surface area contributed by atoms with Crippen LogP contribution >= 0.6 is 0 Å². The minimum absolute atomic E-state index is 0.270.